The van der Waals surface area contributed by atoms with Crippen molar-refractivity contribution in [3.05, 3.63) is 17.0 Å². The van der Waals surface area contributed by atoms with Gasteiger partial charge in [0.1, 0.15) is 5.76 Å². The van der Waals surface area contributed by atoms with Crippen molar-refractivity contribution < 1.29 is 9.32 Å². The summed E-state index contributed by atoms with van der Waals surface area (Å²) >= 11 is 1.75. The van der Waals surface area contributed by atoms with Crippen LogP contribution in [0.4, 0.5) is 0 Å². The molecule has 0 saturated carbocycles. The Morgan fingerprint density at radius 2 is 2.39 bits per heavy atom. The lowest BCUT2D eigenvalue weighted by atomic mass is 10.1. The third-order valence-electron chi connectivity index (χ3n) is 3.08. The molecule has 5 nitrogen and oxygen atoms in total. The lowest BCUT2D eigenvalue weighted by Gasteiger charge is -2.10. The molecule has 1 aromatic heterocycles. The number of nitrogens with zero attached hydrogens (tertiary/aromatic N) is 1. The summed E-state index contributed by atoms with van der Waals surface area (Å²) in [6, 6.07) is -0.0648. The molecule has 0 radical (unpaired) electrons. The SMILES string of the molecule is CCc1noc(CC)c1CNC(=O)C1CSCN1. The standard InChI is InChI=1S/C12H19N3O2S/c1-3-9-8(11(4-2)17-15-9)5-13-12(16)10-6-18-7-14-10/h10,14H,3-7H2,1-2H3,(H,13,16). The van der Waals surface area contributed by atoms with Crippen molar-refractivity contribution in [1.29, 1.82) is 0 Å². The summed E-state index contributed by atoms with van der Waals surface area (Å²) in [4.78, 5) is 11.9. The van der Waals surface area contributed by atoms with E-state index in [-0.39, 0.29) is 11.9 Å². The zero-order valence-electron chi connectivity index (χ0n) is 10.8. The molecule has 1 aliphatic rings. The molecule has 0 aliphatic carbocycles. The number of hydrogen-bond acceptors (Lipinski definition) is 5. The van der Waals surface area contributed by atoms with Gasteiger partial charge in [-0.05, 0) is 6.42 Å². The zero-order chi connectivity index (χ0) is 13.0. The van der Waals surface area contributed by atoms with Crippen molar-refractivity contribution in [2.75, 3.05) is 11.6 Å². The van der Waals surface area contributed by atoms with Gasteiger partial charge in [0, 0.05) is 30.2 Å². The maximum Gasteiger partial charge on any atom is 0.238 e. The predicted octanol–water partition coefficient (Wildman–Crippen LogP) is 1.08. The Bertz CT molecular complexity index is 392. The Hall–Kier alpha value is -1.01. The van der Waals surface area contributed by atoms with E-state index in [1.165, 1.54) is 0 Å². The van der Waals surface area contributed by atoms with E-state index < -0.39 is 0 Å². The van der Waals surface area contributed by atoms with E-state index in [2.05, 4.69) is 15.8 Å². The molecule has 0 spiro atoms. The molecule has 1 amide bonds. The smallest absolute Gasteiger partial charge is 0.238 e. The number of rotatable bonds is 5. The number of hydrogen-bond donors (Lipinski definition) is 2. The Morgan fingerprint density at radius 3 is 3.00 bits per heavy atom. The molecule has 1 atom stereocenters. The fourth-order valence-corrected chi connectivity index (χ4v) is 2.94. The molecule has 1 fully saturated rings. The van der Waals surface area contributed by atoms with Crippen LogP contribution in [0.5, 0.6) is 0 Å². The fraction of sp³-hybridized carbons (Fsp3) is 0.667. The molecule has 0 aromatic carbocycles. The number of nitrogens with one attached hydrogen (secondary N) is 2. The van der Waals surface area contributed by atoms with Gasteiger partial charge in [-0.2, -0.15) is 0 Å². The van der Waals surface area contributed by atoms with Crippen molar-refractivity contribution in [2.24, 2.45) is 0 Å². The highest BCUT2D eigenvalue weighted by Crippen LogP contribution is 2.16. The average molecular weight is 269 g/mol. The van der Waals surface area contributed by atoms with E-state index in [1.54, 1.807) is 11.8 Å². The van der Waals surface area contributed by atoms with Crippen LogP contribution in [0.1, 0.15) is 30.9 Å². The number of thioether (sulfide) groups is 1. The predicted molar refractivity (Wildman–Crippen MR) is 71.4 cm³/mol. The largest absolute Gasteiger partial charge is 0.361 e. The molecule has 2 rings (SSSR count). The van der Waals surface area contributed by atoms with E-state index in [4.69, 9.17) is 4.52 Å². The molecule has 100 valence electrons. The third kappa shape index (κ3) is 2.87. The summed E-state index contributed by atoms with van der Waals surface area (Å²) < 4.78 is 5.27. The van der Waals surface area contributed by atoms with Crippen LogP contribution in [0.2, 0.25) is 0 Å². The van der Waals surface area contributed by atoms with Gasteiger partial charge in [0.25, 0.3) is 0 Å². The first kappa shape index (κ1) is 13.4. The van der Waals surface area contributed by atoms with Gasteiger partial charge < -0.3 is 9.84 Å². The first-order chi connectivity index (χ1) is 8.76. The molecule has 1 aromatic rings. The first-order valence-corrected chi connectivity index (χ1v) is 7.46. The quantitative estimate of drug-likeness (QED) is 0.837. The average Bonchev–Trinajstić information content (AvgIpc) is 3.04. The van der Waals surface area contributed by atoms with E-state index in [0.29, 0.717) is 6.54 Å². The van der Waals surface area contributed by atoms with Crippen molar-refractivity contribution in [3.63, 3.8) is 0 Å². The van der Waals surface area contributed by atoms with Crippen LogP contribution in [0.15, 0.2) is 4.52 Å². The van der Waals surface area contributed by atoms with Crippen molar-refractivity contribution in [3.8, 4) is 0 Å². The van der Waals surface area contributed by atoms with Crippen molar-refractivity contribution >= 4 is 17.7 Å². The summed E-state index contributed by atoms with van der Waals surface area (Å²) in [5, 5.41) is 10.2. The first-order valence-electron chi connectivity index (χ1n) is 6.31. The second kappa shape index (κ2) is 6.24. The van der Waals surface area contributed by atoms with Crippen molar-refractivity contribution in [2.45, 2.75) is 39.3 Å². The van der Waals surface area contributed by atoms with Crippen LogP contribution < -0.4 is 10.6 Å². The van der Waals surface area contributed by atoms with E-state index in [0.717, 1.165) is 41.5 Å². The fourth-order valence-electron chi connectivity index (χ4n) is 2.00. The number of amides is 1. The molecule has 1 saturated heterocycles. The van der Waals surface area contributed by atoms with Crippen LogP contribution in [0.3, 0.4) is 0 Å². The Balaban J connectivity index is 1.96. The summed E-state index contributed by atoms with van der Waals surface area (Å²) in [6.07, 6.45) is 1.63. The maximum absolute atomic E-state index is 11.9. The van der Waals surface area contributed by atoms with Crippen LogP contribution >= 0.6 is 11.8 Å². The van der Waals surface area contributed by atoms with Gasteiger partial charge in [-0.25, -0.2) is 0 Å². The van der Waals surface area contributed by atoms with Gasteiger partial charge in [-0.15, -0.1) is 11.8 Å². The molecule has 1 aliphatic heterocycles. The highest BCUT2D eigenvalue weighted by molar-refractivity contribution is 7.99. The van der Waals surface area contributed by atoms with Gasteiger partial charge in [-0.3, -0.25) is 10.1 Å². The Kier molecular flexibility index (Phi) is 4.66. The molecule has 0 bridgehead atoms. The summed E-state index contributed by atoms with van der Waals surface area (Å²) in [5.74, 6) is 2.63. The Labute approximate surface area is 111 Å². The highest BCUT2D eigenvalue weighted by Gasteiger charge is 2.23. The van der Waals surface area contributed by atoms with Gasteiger partial charge in [-0.1, -0.05) is 19.0 Å². The van der Waals surface area contributed by atoms with E-state index in [9.17, 15) is 4.79 Å². The monoisotopic (exact) mass is 269 g/mol. The molecule has 6 heteroatoms. The second-order valence-corrected chi connectivity index (χ2v) is 5.26. The normalized spacial score (nSPS) is 19.1. The second-order valence-electron chi connectivity index (χ2n) is 4.23. The number of carbonyl (C=O) groups excluding carboxylic acids is 1. The lowest BCUT2D eigenvalue weighted by Crippen LogP contribution is -2.41. The molecule has 2 heterocycles. The minimum Gasteiger partial charge on any atom is -0.361 e. The van der Waals surface area contributed by atoms with Crippen LogP contribution in [0.25, 0.3) is 0 Å². The van der Waals surface area contributed by atoms with E-state index in [1.807, 2.05) is 13.8 Å². The molecule has 18 heavy (non-hydrogen) atoms. The van der Waals surface area contributed by atoms with Crippen LogP contribution in [0, 0.1) is 0 Å². The van der Waals surface area contributed by atoms with Crippen LogP contribution in [-0.4, -0.2) is 28.7 Å². The number of aryl methyl sites for hydroxylation is 2. The van der Waals surface area contributed by atoms with Gasteiger partial charge >= 0.3 is 0 Å². The van der Waals surface area contributed by atoms with Crippen LogP contribution in [-0.2, 0) is 24.2 Å². The molecular weight excluding hydrogens is 250 g/mol. The summed E-state index contributed by atoms with van der Waals surface area (Å²) in [6.45, 7) is 4.58. The molecule has 2 N–H and O–H groups in total. The Morgan fingerprint density at radius 1 is 1.56 bits per heavy atom. The molecular formula is C12H19N3O2S. The number of carbonyl (C=O) groups is 1. The zero-order valence-corrected chi connectivity index (χ0v) is 11.6. The summed E-state index contributed by atoms with van der Waals surface area (Å²) in [7, 11) is 0. The van der Waals surface area contributed by atoms with Crippen molar-refractivity contribution in [1.82, 2.24) is 15.8 Å². The minimum absolute atomic E-state index is 0.0605. The minimum atomic E-state index is -0.0648. The third-order valence-corrected chi connectivity index (χ3v) is 4.02. The van der Waals surface area contributed by atoms with Gasteiger partial charge in [0.05, 0.1) is 11.7 Å². The maximum atomic E-state index is 11.9. The molecule has 1 unspecified atom stereocenters. The van der Waals surface area contributed by atoms with E-state index >= 15 is 0 Å². The summed E-state index contributed by atoms with van der Waals surface area (Å²) in [5.41, 5.74) is 1.99. The lowest BCUT2D eigenvalue weighted by molar-refractivity contribution is -0.122. The number of aromatic nitrogens is 1. The van der Waals surface area contributed by atoms with Gasteiger partial charge in [0.15, 0.2) is 0 Å². The topological polar surface area (TPSA) is 67.2 Å². The highest BCUT2D eigenvalue weighted by atomic mass is 32.2. The van der Waals surface area contributed by atoms with Gasteiger partial charge in [0.2, 0.25) is 5.91 Å².